The van der Waals surface area contributed by atoms with E-state index in [0.29, 0.717) is 24.4 Å². The van der Waals surface area contributed by atoms with Crippen molar-refractivity contribution in [3.63, 3.8) is 0 Å². The molecular weight excluding hydrogens is 318 g/mol. The Morgan fingerprint density at radius 1 is 1.33 bits per heavy atom. The molecule has 2 aliphatic rings. The fourth-order valence-electron chi connectivity index (χ4n) is 4.26. The SMILES string of the molecule is CC(Cc1nc2ccccc2s1)NC(=O)CC1CC2CCC(C1)N2. The first kappa shape index (κ1) is 16.0. The Morgan fingerprint density at radius 2 is 2.08 bits per heavy atom. The van der Waals surface area contributed by atoms with Gasteiger partial charge in [-0.2, -0.15) is 0 Å². The normalized spacial score (nSPS) is 27.3. The number of carbonyl (C=O) groups is 1. The van der Waals surface area contributed by atoms with Gasteiger partial charge in [0, 0.05) is 31.0 Å². The first-order valence-corrected chi connectivity index (χ1v) is 9.87. The Labute approximate surface area is 147 Å². The van der Waals surface area contributed by atoms with Gasteiger partial charge in [-0.15, -0.1) is 11.3 Å². The number of benzene rings is 1. The van der Waals surface area contributed by atoms with E-state index in [1.807, 2.05) is 18.2 Å². The van der Waals surface area contributed by atoms with Crippen LogP contribution in [0.2, 0.25) is 0 Å². The van der Waals surface area contributed by atoms with E-state index in [-0.39, 0.29) is 11.9 Å². The van der Waals surface area contributed by atoms with Crippen LogP contribution >= 0.6 is 11.3 Å². The molecule has 3 atom stereocenters. The Hall–Kier alpha value is -1.46. The summed E-state index contributed by atoms with van der Waals surface area (Å²) < 4.78 is 1.22. The van der Waals surface area contributed by atoms with E-state index in [9.17, 15) is 4.79 Å². The van der Waals surface area contributed by atoms with Crippen LogP contribution in [0.25, 0.3) is 10.2 Å². The first-order chi connectivity index (χ1) is 11.7. The average molecular weight is 343 g/mol. The van der Waals surface area contributed by atoms with Crippen LogP contribution in [0.5, 0.6) is 0 Å². The number of amides is 1. The van der Waals surface area contributed by atoms with Crippen LogP contribution in [0.15, 0.2) is 24.3 Å². The zero-order chi connectivity index (χ0) is 16.5. The number of fused-ring (bicyclic) bond motifs is 3. The number of thiazole rings is 1. The van der Waals surface area contributed by atoms with E-state index in [0.717, 1.165) is 29.8 Å². The molecule has 2 aromatic rings. The third-order valence-electron chi connectivity index (χ3n) is 5.27. The molecule has 0 saturated carbocycles. The monoisotopic (exact) mass is 343 g/mol. The smallest absolute Gasteiger partial charge is 0.220 e. The van der Waals surface area contributed by atoms with Crippen LogP contribution in [-0.2, 0) is 11.2 Å². The lowest BCUT2D eigenvalue weighted by Crippen LogP contribution is -2.41. The van der Waals surface area contributed by atoms with Gasteiger partial charge < -0.3 is 10.6 Å². The zero-order valence-electron chi connectivity index (χ0n) is 14.1. The van der Waals surface area contributed by atoms with Crippen LogP contribution < -0.4 is 10.6 Å². The lowest BCUT2D eigenvalue weighted by molar-refractivity contribution is -0.122. The molecule has 0 spiro atoms. The van der Waals surface area contributed by atoms with E-state index >= 15 is 0 Å². The number of para-hydroxylation sites is 1. The van der Waals surface area contributed by atoms with Crippen LogP contribution in [0.4, 0.5) is 0 Å². The molecule has 0 aliphatic carbocycles. The highest BCUT2D eigenvalue weighted by Gasteiger charge is 2.34. The Kier molecular flexibility index (Phi) is 4.55. The average Bonchev–Trinajstić information content (AvgIpc) is 3.09. The minimum absolute atomic E-state index is 0.136. The summed E-state index contributed by atoms with van der Waals surface area (Å²) in [4.78, 5) is 17.0. The fraction of sp³-hybridized carbons (Fsp3) is 0.579. The Balaban J connectivity index is 1.29. The number of piperidine rings is 1. The van der Waals surface area contributed by atoms with Gasteiger partial charge in [-0.25, -0.2) is 4.98 Å². The molecule has 2 saturated heterocycles. The summed E-state index contributed by atoms with van der Waals surface area (Å²) in [6.45, 7) is 2.08. The van der Waals surface area contributed by atoms with Crippen molar-refractivity contribution in [2.75, 3.05) is 0 Å². The number of aromatic nitrogens is 1. The van der Waals surface area contributed by atoms with Crippen molar-refractivity contribution in [2.45, 2.75) is 63.6 Å². The standard InChI is InChI=1S/C19H25N3OS/c1-12(8-19-22-16-4-2-3-5-17(16)24-19)20-18(23)11-13-9-14-6-7-15(10-13)21-14/h2-5,12-15,21H,6-11H2,1H3,(H,20,23). The van der Waals surface area contributed by atoms with Gasteiger partial charge in [-0.3, -0.25) is 4.79 Å². The molecule has 2 bridgehead atoms. The van der Waals surface area contributed by atoms with Crippen LogP contribution in [0.3, 0.4) is 0 Å². The first-order valence-electron chi connectivity index (χ1n) is 9.05. The molecule has 4 rings (SSSR count). The van der Waals surface area contributed by atoms with E-state index < -0.39 is 0 Å². The summed E-state index contributed by atoms with van der Waals surface area (Å²) in [6, 6.07) is 9.65. The number of nitrogens with one attached hydrogen (secondary N) is 2. The van der Waals surface area contributed by atoms with Crippen LogP contribution in [-0.4, -0.2) is 29.0 Å². The highest BCUT2D eigenvalue weighted by atomic mass is 32.1. The summed E-state index contributed by atoms with van der Waals surface area (Å²) in [6.07, 6.45) is 6.39. The van der Waals surface area contributed by atoms with Gasteiger partial charge in [-0.1, -0.05) is 12.1 Å². The van der Waals surface area contributed by atoms with E-state index in [4.69, 9.17) is 0 Å². The lowest BCUT2D eigenvalue weighted by atomic mass is 9.89. The largest absolute Gasteiger partial charge is 0.353 e. The van der Waals surface area contributed by atoms with Crippen molar-refractivity contribution in [3.8, 4) is 0 Å². The van der Waals surface area contributed by atoms with Gasteiger partial charge in [0.25, 0.3) is 0 Å². The predicted molar refractivity (Wildman–Crippen MR) is 98.2 cm³/mol. The molecule has 3 heterocycles. The minimum Gasteiger partial charge on any atom is -0.353 e. The second-order valence-corrected chi connectivity index (χ2v) is 8.54. The van der Waals surface area contributed by atoms with Gasteiger partial charge in [0.05, 0.1) is 15.2 Å². The fourth-order valence-corrected chi connectivity index (χ4v) is 5.35. The predicted octanol–water partition coefficient (Wildman–Crippen LogP) is 3.26. The second kappa shape index (κ2) is 6.81. The quantitative estimate of drug-likeness (QED) is 0.876. The maximum Gasteiger partial charge on any atom is 0.220 e. The molecule has 24 heavy (non-hydrogen) atoms. The Morgan fingerprint density at radius 3 is 2.83 bits per heavy atom. The summed E-state index contributed by atoms with van der Waals surface area (Å²) in [5.74, 6) is 0.758. The van der Waals surface area contributed by atoms with Gasteiger partial charge >= 0.3 is 0 Å². The lowest BCUT2D eigenvalue weighted by Gasteiger charge is -2.29. The summed E-state index contributed by atoms with van der Waals surface area (Å²) in [7, 11) is 0. The highest BCUT2D eigenvalue weighted by molar-refractivity contribution is 7.18. The molecule has 1 aromatic carbocycles. The van der Waals surface area contributed by atoms with E-state index in [1.165, 1.54) is 17.5 Å². The van der Waals surface area contributed by atoms with Crippen molar-refractivity contribution in [2.24, 2.45) is 5.92 Å². The molecule has 5 heteroatoms. The van der Waals surface area contributed by atoms with Crippen molar-refractivity contribution in [1.29, 1.82) is 0 Å². The summed E-state index contributed by atoms with van der Waals surface area (Å²) >= 11 is 1.73. The van der Waals surface area contributed by atoms with Crippen molar-refractivity contribution in [3.05, 3.63) is 29.3 Å². The maximum absolute atomic E-state index is 12.4. The third-order valence-corrected chi connectivity index (χ3v) is 6.33. The van der Waals surface area contributed by atoms with Gasteiger partial charge in [0.2, 0.25) is 5.91 Å². The van der Waals surface area contributed by atoms with Gasteiger partial charge in [0.1, 0.15) is 0 Å². The van der Waals surface area contributed by atoms with Gasteiger partial charge in [-0.05, 0) is 50.7 Å². The zero-order valence-corrected chi connectivity index (χ0v) is 14.9. The molecule has 0 radical (unpaired) electrons. The molecule has 3 unspecified atom stereocenters. The minimum atomic E-state index is 0.136. The molecule has 2 aliphatic heterocycles. The summed E-state index contributed by atoms with van der Waals surface area (Å²) in [5.41, 5.74) is 1.06. The van der Waals surface area contributed by atoms with Crippen LogP contribution in [0.1, 0.15) is 44.0 Å². The molecule has 2 N–H and O–H groups in total. The molecular formula is C19H25N3OS. The number of hydrogen-bond acceptors (Lipinski definition) is 4. The van der Waals surface area contributed by atoms with Crippen molar-refractivity contribution < 1.29 is 4.79 Å². The second-order valence-electron chi connectivity index (χ2n) is 7.43. The van der Waals surface area contributed by atoms with Crippen molar-refractivity contribution in [1.82, 2.24) is 15.6 Å². The van der Waals surface area contributed by atoms with Crippen LogP contribution in [0, 0.1) is 5.92 Å². The van der Waals surface area contributed by atoms with Crippen molar-refractivity contribution >= 4 is 27.5 Å². The van der Waals surface area contributed by atoms with Gasteiger partial charge in [0.15, 0.2) is 0 Å². The number of carbonyl (C=O) groups excluding carboxylic acids is 1. The maximum atomic E-state index is 12.4. The topological polar surface area (TPSA) is 54.0 Å². The molecule has 2 fully saturated rings. The molecule has 4 nitrogen and oxygen atoms in total. The van der Waals surface area contributed by atoms with E-state index in [2.05, 4.69) is 28.6 Å². The third kappa shape index (κ3) is 3.62. The number of rotatable bonds is 5. The van der Waals surface area contributed by atoms with E-state index in [1.54, 1.807) is 11.3 Å². The molecule has 1 aromatic heterocycles. The molecule has 1 amide bonds. The molecule has 128 valence electrons. The number of nitrogens with zero attached hydrogens (tertiary/aromatic N) is 1. The highest BCUT2D eigenvalue weighted by Crippen LogP contribution is 2.32. The number of hydrogen-bond donors (Lipinski definition) is 2. The summed E-state index contributed by atoms with van der Waals surface area (Å²) in [5, 5.41) is 7.92. The Bertz CT molecular complexity index is 683.